The summed E-state index contributed by atoms with van der Waals surface area (Å²) in [6, 6.07) is 5.46. The molecule has 2 aromatic rings. The van der Waals surface area contributed by atoms with Gasteiger partial charge in [-0.15, -0.1) is 17.9 Å². The first-order chi connectivity index (χ1) is 14.7. The minimum atomic E-state index is -0.979. The first-order valence-corrected chi connectivity index (χ1v) is 20.7. The van der Waals surface area contributed by atoms with Crippen LogP contribution < -0.4 is 4.65 Å². The average molecular weight is 1130 g/mol. The number of phenols is 1. The molecule has 1 aliphatic rings. The molecule has 35 heavy (non-hydrogen) atoms. The van der Waals surface area contributed by atoms with Crippen molar-refractivity contribution in [3.63, 3.8) is 0 Å². The fourth-order valence-electron chi connectivity index (χ4n) is 2.07. The Labute approximate surface area is 323 Å². The molecule has 0 fully saturated rings. The van der Waals surface area contributed by atoms with Crippen LogP contribution in [-0.2, 0) is 118 Å². The van der Waals surface area contributed by atoms with Crippen LogP contribution in [0.4, 0.5) is 8.78 Å². The molecule has 0 spiro atoms. The summed E-state index contributed by atoms with van der Waals surface area (Å²) < 4.78 is 31.5. The van der Waals surface area contributed by atoms with Gasteiger partial charge in [-0.05, 0) is 56.9 Å². The van der Waals surface area contributed by atoms with Crippen molar-refractivity contribution in [2.24, 2.45) is 0 Å². The van der Waals surface area contributed by atoms with Crippen LogP contribution in [0.15, 0.2) is 45.3 Å². The molecule has 0 saturated heterocycles. The zero-order valence-electron chi connectivity index (χ0n) is 18.2. The Hall–Kier alpha value is 4.91. The van der Waals surface area contributed by atoms with E-state index in [4.69, 9.17) is 9.68 Å². The van der Waals surface area contributed by atoms with Crippen LogP contribution in [0, 0.1) is 11.6 Å². The van der Waals surface area contributed by atoms with Crippen molar-refractivity contribution >= 4 is 101 Å². The van der Waals surface area contributed by atoms with Gasteiger partial charge in [0.25, 0.3) is 0 Å². The number of benzene rings is 2. The topological polar surface area (TPSA) is 49.7 Å². The molecule has 4 radical (unpaired) electrons. The summed E-state index contributed by atoms with van der Waals surface area (Å²) in [5, 5.41) is 18.3. The minimum Gasteiger partial charge on any atom is -0.532 e. The van der Waals surface area contributed by atoms with Gasteiger partial charge < -0.3 is 14.8 Å². The molecule has 2 aromatic carbocycles. The van der Waals surface area contributed by atoms with Crippen LogP contribution in [0.5, 0.6) is 11.5 Å². The first kappa shape index (κ1) is 46.9. The average Bonchev–Trinajstić information content (AvgIpc) is 2.73. The van der Waals surface area contributed by atoms with E-state index < -0.39 is 18.8 Å². The Balaban J connectivity index is -0.000000206. The third-order valence-corrected chi connectivity index (χ3v) is 21.1. The molecule has 1 aliphatic heterocycles. The van der Waals surface area contributed by atoms with E-state index in [1.807, 2.05) is 6.92 Å². The maximum atomic E-state index is 13.0. The Morgan fingerprint density at radius 3 is 2.00 bits per heavy atom. The molecule has 3 nitrogen and oxygen atoms in total. The number of aromatic hydroxyl groups is 1. The van der Waals surface area contributed by atoms with Gasteiger partial charge in [-0.1, -0.05) is 50.1 Å². The largest absolute Gasteiger partial charge is 0.552 e. The van der Waals surface area contributed by atoms with Crippen LogP contribution >= 0.6 is 81.5 Å². The van der Waals surface area contributed by atoms with Crippen molar-refractivity contribution in [2.75, 3.05) is 0 Å². The fraction of sp³-hybridized carbons (Fsp3) is 0.0588. The number of fused-ring (bicyclic) bond motifs is 1. The number of halogens is 4. The Bertz CT molecular complexity index is 941. The zero-order chi connectivity index (χ0) is 23.4. The number of hydrogen-bond acceptors (Lipinski definition) is 3. The van der Waals surface area contributed by atoms with Crippen LogP contribution in [0.2, 0.25) is 0 Å². The summed E-state index contributed by atoms with van der Waals surface area (Å²) in [5.74, 6) is 0.943. The molecule has 0 aliphatic carbocycles. The summed E-state index contributed by atoms with van der Waals surface area (Å²) in [6.45, 7) is 1.83. The van der Waals surface area contributed by atoms with Gasteiger partial charge in [0.1, 0.15) is 23.1 Å². The van der Waals surface area contributed by atoms with E-state index in [-0.39, 0.29) is 124 Å². The normalized spacial score (nSPS) is 11.8. The monoisotopic (exact) mass is 1130 g/mol. The zero-order valence-corrected chi connectivity index (χ0v) is 38.6. The summed E-state index contributed by atoms with van der Waals surface area (Å²) in [4.78, 5) is 0. The SMILES string of the molecule is C/C=C/c1cc(Br)c(F)cc1O.OB1C=Cc2cc(Br)c(F)cc2O1.PPPPPP.[Ir].[Y].[Y].[Y]. The molecule has 2 N–H and O–H groups in total. The molecule has 0 amide bonds. The van der Waals surface area contributed by atoms with Crippen LogP contribution in [0.3, 0.4) is 0 Å². The number of phenolic OH excluding ortho intramolecular Hbond substituents is 1. The van der Waals surface area contributed by atoms with Crippen LogP contribution in [-0.4, -0.2) is 17.2 Å². The van der Waals surface area contributed by atoms with Crippen molar-refractivity contribution < 1.29 is 142 Å². The molecular weight excluding hydrogens is 1110 g/mol. The smallest absolute Gasteiger partial charge is 0.532 e. The molecule has 0 saturated carbocycles. The van der Waals surface area contributed by atoms with E-state index in [2.05, 4.69) is 49.7 Å². The fourth-order valence-corrected chi connectivity index (χ4v) is 20.3. The molecule has 6 unspecified atom stereocenters. The van der Waals surface area contributed by atoms with Crippen molar-refractivity contribution in [2.45, 2.75) is 6.92 Å². The molecular formula is C17H21BBr2F2IrO3P6Y3. The van der Waals surface area contributed by atoms with Gasteiger partial charge >= 0.3 is 7.12 Å². The molecule has 18 heteroatoms. The summed E-state index contributed by atoms with van der Waals surface area (Å²) >= 11 is 6.09. The Morgan fingerprint density at radius 1 is 0.971 bits per heavy atom. The van der Waals surface area contributed by atoms with Crippen LogP contribution in [0.1, 0.15) is 18.1 Å². The number of rotatable bonds is 4. The predicted octanol–water partition coefficient (Wildman–Crippen LogP) is 8.36. The van der Waals surface area contributed by atoms with Crippen molar-refractivity contribution in [1.29, 1.82) is 0 Å². The maximum Gasteiger partial charge on any atom is 0.552 e. The van der Waals surface area contributed by atoms with E-state index in [9.17, 15) is 13.9 Å². The molecule has 3 rings (SSSR count). The van der Waals surface area contributed by atoms with Gasteiger partial charge in [0.2, 0.25) is 0 Å². The molecule has 1 heterocycles. The summed E-state index contributed by atoms with van der Waals surface area (Å²) in [5.41, 5.74) is 1.35. The molecule has 0 aromatic heterocycles. The van der Waals surface area contributed by atoms with Gasteiger partial charge in [0.05, 0.1) is 8.95 Å². The Morgan fingerprint density at radius 2 is 1.49 bits per heavy atom. The van der Waals surface area contributed by atoms with Crippen molar-refractivity contribution in [3.05, 3.63) is 68.0 Å². The van der Waals surface area contributed by atoms with Gasteiger partial charge in [-0.2, -0.15) is 0 Å². The summed E-state index contributed by atoms with van der Waals surface area (Å²) in [6.07, 6.45) is 5.17. The first-order valence-electron chi connectivity index (χ1n) is 8.47. The van der Waals surface area contributed by atoms with E-state index >= 15 is 0 Å². The number of hydrogen-bond donors (Lipinski definition) is 2. The minimum absolute atomic E-state index is 0. The van der Waals surface area contributed by atoms with Gasteiger partial charge in [-0.25, -0.2) is 8.78 Å². The second kappa shape index (κ2) is 27.7. The maximum absolute atomic E-state index is 13.0. The van der Waals surface area contributed by atoms with Gasteiger partial charge in [0.15, 0.2) is 0 Å². The Kier molecular flexibility index (Phi) is 37.1. The van der Waals surface area contributed by atoms with E-state index in [1.165, 1.54) is 34.0 Å². The van der Waals surface area contributed by atoms with E-state index in [0.717, 1.165) is 27.5 Å². The van der Waals surface area contributed by atoms with Crippen molar-refractivity contribution in [3.8, 4) is 11.5 Å². The third-order valence-electron chi connectivity index (χ3n) is 3.36. The number of allylic oxidation sites excluding steroid dienone is 1. The van der Waals surface area contributed by atoms with E-state index in [0.29, 0.717) is 20.3 Å². The molecule has 6 atom stereocenters. The second-order valence-electron chi connectivity index (χ2n) is 5.54. The standard InChI is InChI=1S/C9H8BrFO.C8H5BBrFO2.Ir.H8P6.3Y/c1-2-3-6-4-7(10)8(11)5-9(6)12;10-6-3-5-1-2-9(12)13-8(5)4-7(6)11;;1-3-5-6-4-2;;;/h2-5,12H,1H3;1-4,12H;;3-6H,1-2H2;;;/b3-2+;;;;;;. The molecule has 0 bridgehead atoms. The second-order valence-corrected chi connectivity index (χ2v) is 21.2. The van der Waals surface area contributed by atoms with Crippen molar-refractivity contribution in [1.82, 2.24) is 0 Å². The molecule has 186 valence electrons. The van der Waals surface area contributed by atoms with Gasteiger partial charge in [0, 0.05) is 141 Å². The predicted molar refractivity (Wildman–Crippen MR) is 155 cm³/mol. The van der Waals surface area contributed by atoms with Gasteiger partial charge in [-0.3, -0.25) is 0 Å². The quantitative estimate of drug-likeness (QED) is 0.184. The van der Waals surface area contributed by atoms with E-state index in [1.54, 1.807) is 24.3 Å². The van der Waals surface area contributed by atoms with Crippen LogP contribution in [0.25, 0.3) is 12.2 Å². The summed E-state index contributed by atoms with van der Waals surface area (Å²) in [7, 11) is 9.24. The third kappa shape index (κ3) is 19.7.